The van der Waals surface area contributed by atoms with Gasteiger partial charge in [-0.15, -0.1) is 0 Å². The molecule has 0 aliphatic rings. The van der Waals surface area contributed by atoms with Gasteiger partial charge in [0.15, 0.2) is 0 Å². The van der Waals surface area contributed by atoms with E-state index in [2.05, 4.69) is 54.8 Å². The van der Waals surface area contributed by atoms with Crippen molar-refractivity contribution in [2.45, 2.75) is 19.5 Å². The number of benzene rings is 3. The molecule has 8 heteroatoms. The molecule has 0 saturated heterocycles. The van der Waals surface area contributed by atoms with E-state index in [0.717, 1.165) is 34.1 Å². The smallest absolute Gasteiger partial charge is 0.414 e. The number of aliphatic carboxylic acids is 2. The number of hydrogen-bond acceptors (Lipinski definition) is 4. The zero-order valence-corrected chi connectivity index (χ0v) is 19.2. The van der Waals surface area contributed by atoms with Crippen LogP contribution in [0.15, 0.2) is 91.1 Å². The molecule has 0 radical (unpaired) electrons. The largest absolute Gasteiger partial charge is 0.473 e. The van der Waals surface area contributed by atoms with Crippen LogP contribution in [0, 0.1) is 0 Å². The first-order valence-corrected chi connectivity index (χ1v) is 10.9. The quantitative estimate of drug-likeness (QED) is 0.330. The topological polar surface area (TPSA) is 104 Å². The zero-order valence-electron chi connectivity index (χ0n) is 18.4. The number of carbonyl (C=O) groups is 2. The van der Waals surface area contributed by atoms with Gasteiger partial charge in [0.2, 0.25) is 0 Å². The number of hydrogen-bond donors (Lipinski definition) is 3. The van der Waals surface area contributed by atoms with Gasteiger partial charge >= 0.3 is 11.9 Å². The fourth-order valence-corrected chi connectivity index (χ4v) is 3.35. The van der Waals surface area contributed by atoms with Crippen LogP contribution < -0.4 is 5.32 Å². The van der Waals surface area contributed by atoms with Crippen molar-refractivity contribution in [2.24, 2.45) is 0 Å². The molecule has 0 aliphatic heterocycles. The molecular formula is C26H24ClN3O4. The van der Waals surface area contributed by atoms with Gasteiger partial charge in [0.25, 0.3) is 0 Å². The van der Waals surface area contributed by atoms with E-state index in [9.17, 15) is 0 Å². The average molecular weight is 478 g/mol. The number of aromatic nitrogens is 2. The van der Waals surface area contributed by atoms with E-state index in [1.54, 1.807) is 0 Å². The van der Waals surface area contributed by atoms with Gasteiger partial charge in [-0.3, -0.25) is 0 Å². The fourth-order valence-electron chi connectivity index (χ4n) is 3.23. The predicted molar refractivity (Wildman–Crippen MR) is 131 cm³/mol. The van der Waals surface area contributed by atoms with Crippen molar-refractivity contribution in [1.29, 1.82) is 0 Å². The Labute approximate surface area is 202 Å². The third-order valence-electron chi connectivity index (χ3n) is 5.01. The molecule has 1 atom stereocenters. The molecule has 1 unspecified atom stereocenters. The first-order chi connectivity index (χ1) is 16.3. The van der Waals surface area contributed by atoms with E-state index in [-0.39, 0.29) is 6.04 Å². The molecule has 3 aromatic carbocycles. The molecule has 0 fully saturated rings. The van der Waals surface area contributed by atoms with Crippen LogP contribution >= 0.6 is 11.6 Å². The van der Waals surface area contributed by atoms with Gasteiger partial charge in [-0.05, 0) is 36.8 Å². The van der Waals surface area contributed by atoms with Gasteiger partial charge in [0.05, 0.1) is 11.4 Å². The summed E-state index contributed by atoms with van der Waals surface area (Å²) in [5.74, 6) is -3.65. The van der Waals surface area contributed by atoms with Gasteiger partial charge in [0, 0.05) is 34.9 Å². The number of nitrogens with zero attached hydrogens (tertiary/aromatic N) is 2. The second-order valence-corrected chi connectivity index (χ2v) is 7.85. The maximum Gasteiger partial charge on any atom is 0.414 e. The lowest BCUT2D eigenvalue weighted by atomic mass is 10.1. The van der Waals surface area contributed by atoms with Crippen LogP contribution in [0.1, 0.15) is 24.1 Å². The Hall–Kier alpha value is -3.94. The van der Waals surface area contributed by atoms with Crippen molar-refractivity contribution < 1.29 is 19.8 Å². The Morgan fingerprint density at radius 1 is 0.912 bits per heavy atom. The summed E-state index contributed by atoms with van der Waals surface area (Å²) >= 11 is 6.07. The molecule has 0 amide bonds. The molecule has 174 valence electrons. The van der Waals surface area contributed by atoms with Crippen LogP contribution in [-0.4, -0.2) is 31.9 Å². The number of rotatable bonds is 6. The predicted octanol–water partition coefficient (Wildman–Crippen LogP) is 5.20. The third kappa shape index (κ3) is 6.78. The first-order valence-electron chi connectivity index (χ1n) is 10.5. The Bertz CT molecular complexity index is 1210. The molecule has 0 bridgehead atoms. The summed E-state index contributed by atoms with van der Waals surface area (Å²) in [7, 11) is 0. The summed E-state index contributed by atoms with van der Waals surface area (Å²) in [5, 5.41) is 24.0. The average Bonchev–Trinajstić information content (AvgIpc) is 3.28. The number of nitrogens with one attached hydrogen (secondary N) is 1. The molecule has 1 heterocycles. The lowest BCUT2D eigenvalue weighted by Gasteiger charge is -2.14. The Morgan fingerprint density at radius 3 is 2.03 bits per heavy atom. The molecule has 34 heavy (non-hydrogen) atoms. The molecule has 0 aliphatic carbocycles. The molecule has 3 N–H and O–H groups in total. The van der Waals surface area contributed by atoms with Crippen LogP contribution in [0.2, 0.25) is 5.02 Å². The van der Waals surface area contributed by atoms with Crippen molar-refractivity contribution in [3.05, 3.63) is 107 Å². The van der Waals surface area contributed by atoms with Crippen molar-refractivity contribution in [3.8, 4) is 16.9 Å². The van der Waals surface area contributed by atoms with E-state index in [1.807, 2.05) is 53.2 Å². The minimum absolute atomic E-state index is 0.249. The van der Waals surface area contributed by atoms with E-state index < -0.39 is 11.9 Å². The minimum Gasteiger partial charge on any atom is -0.473 e. The number of halogens is 1. The van der Waals surface area contributed by atoms with Gasteiger partial charge in [-0.1, -0.05) is 72.3 Å². The van der Waals surface area contributed by atoms with Crippen LogP contribution in [0.25, 0.3) is 16.9 Å². The third-order valence-corrected chi connectivity index (χ3v) is 5.26. The summed E-state index contributed by atoms with van der Waals surface area (Å²) in [6.07, 6.45) is 2.10. The number of carboxylic acids is 2. The SMILES string of the molecule is CC(NCc1cn(-c2ccccc2)nc1-c1ccc(Cl)cc1)c1ccccc1.O=C(O)C(=O)O. The highest BCUT2D eigenvalue weighted by Crippen LogP contribution is 2.26. The molecule has 4 rings (SSSR count). The van der Waals surface area contributed by atoms with Gasteiger partial charge in [-0.2, -0.15) is 5.10 Å². The van der Waals surface area contributed by atoms with Crippen LogP contribution in [-0.2, 0) is 16.1 Å². The highest BCUT2D eigenvalue weighted by molar-refractivity contribution is 6.30. The summed E-state index contributed by atoms with van der Waals surface area (Å²) in [6.45, 7) is 2.90. The Morgan fingerprint density at radius 2 is 1.47 bits per heavy atom. The van der Waals surface area contributed by atoms with Crippen molar-refractivity contribution in [1.82, 2.24) is 15.1 Å². The summed E-state index contributed by atoms with van der Waals surface area (Å²) in [4.78, 5) is 18.2. The van der Waals surface area contributed by atoms with Gasteiger partial charge in [-0.25, -0.2) is 14.3 Å². The summed E-state index contributed by atoms with van der Waals surface area (Å²) in [5.41, 5.74) is 5.48. The molecule has 1 aromatic heterocycles. The molecule has 4 aromatic rings. The molecular weight excluding hydrogens is 454 g/mol. The van der Waals surface area contributed by atoms with Gasteiger partial charge < -0.3 is 15.5 Å². The second kappa shape index (κ2) is 11.8. The normalized spacial score (nSPS) is 11.2. The van der Waals surface area contributed by atoms with Crippen molar-refractivity contribution >= 4 is 23.5 Å². The zero-order chi connectivity index (χ0) is 24.5. The first kappa shape index (κ1) is 24.7. The maximum absolute atomic E-state index is 9.10. The van der Waals surface area contributed by atoms with Crippen LogP contribution in [0.5, 0.6) is 0 Å². The summed E-state index contributed by atoms with van der Waals surface area (Å²) < 4.78 is 1.94. The second-order valence-electron chi connectivity index (χ2n) is 7.41. The van der Waals surface area contributed by atoms with E-state index in [1.165, 1.54) is 5.56 Å². The van der Waals surface area contributed by atoms with E-state index in [4.69, 9.17) is 36.5 Å². The van der Waals surface area contributed by atoms with Crippen LogP contribution in [0.3, 0.4) is 0 Å². The van der Waals surface area contributed by atoms with E-state index >= 15 is 0 Å². The van der Waals surface area contributed by atoms with Gasteiger partial charge in [0.1, 0.15) is 0 Å². The molecule has 0 saturated carbocycles. The molecule has 7 nitrogen and oxygen atoms in total. The molecule has 0 spiro atoms. The highest BCUT2D eigenvalue weighted by atomic mass is 35.5. The van der Waals surface area contributed by atoms with Crippen LogP contribution in [0.4, 0.5) is 0 Å². The summed E-state index contributed by atoms with van der Waals surface area (Å²) in [6, 6.07) is 28.7. The minimum atomic E-state index is -1.82. The Kier molecular flexibility index (Phi) is 8.56. The fraction of sp³-hybridized carbons (Fsp3) is 0.115. The maximum atomic E-state index is 9.10. The number of para-hydroxylation sites is 1. The highest BCUT2D eigenvalue weighted by Gasteiger charge is 2.14. The Balaban J connectivity index is 0.000000481. The lowest BCUT2D eigenvalue weighted by Crippen LogP contribution is -2.18. The van der Waals surface area contributed by atoms with Crippen molar-refractivity contribution in [2.75, 3.05) is 0 Å². The van der Waals surface area contributed by atoms with Crippen molar-refractivity contribution in [3.63, 3.8) is 0 Å². The monoisotopic (exact) mass is 477 g/mol. The standard InChI is InChI=1S/C24H22ClN3.C2H2O4/c1-18(19-8-4-2-5-9-19)26-16-21-17-28(23-10-6-3-7-11-23)27-24(21)20-12-14-22(25)15-13-20;3-1(4)2(5)6/h2-15,17-18,26H,16H2,1H3;(H,3,4)(H,5,6). The number of carboxylic acid groups (broad SMARTS) is 2. The lowest BCUT2D eigenvalue weighted by molar-refractivity contribution is -0.159. The van der Waals surface area contributed by atoms with E-state index in [0.29, 0.717) is 0 Å².